The lowest BCUT2D eigenvalue weighted by Crippen LogP contribution is -2.35. The molecular formula is C21H20BrN3O3S. The van der Waals surface area contributed by atoms with Gasteiger partial charge >= 0.3 is 0 Å². The van der Waals surface area contributed by atoms with Crippen LogP contribution in [-0.4, -0.2) is 36.7 Å². The average Bonchev–Trinajstić information content (AvgIpc) is 2.76. The zero-order valence-electron chi connectivity index (χ0n) is 15.6. The molecule has 3 aromatic rings. The lowest BCUT2D eigenvalue weighted by atomic mass is 10.1. The minimum absolute atomic E-state index is 0.215. The highest BCUT2D eigenvalue weighted by atomic mass is 79.9. The number of amides is 1. The predicted octanol–water partition coefficient (Wildman–Crippen LogP) is 4.42. The first-order valence-electron chi connectivity index (χ1n) is 9.41. The maximum Gasteiger partial charge on any atom is 0.255 e. The molecule has 0 spiro atoms. The van der Waals surface area contributed by atoms with Crippen LogP contribution in [0.1, 0.15) is 29.6 Å². The second-order valence-corrected chi connectivity index (χ2v) is 9.73. The Morgan fingerprint density at radius 2 is 1.72 bits per heavy atom. The number of rotatable bonds is 4. The summed E-state index contributed by atoms with van der Waals surface area (Å²) in [5, 5.41) is 3.76. The van der Waals surface area contributed by atoms with Gasteiger partial charge in [-0.25, -0.2) is 8.42 Å². The third-order valence-electron chi connectivity index (χ3n) is 5.03. The Bertz CT molecular complexity index is 1160. The van der Waals surface area contributed by atoms with E-state index in [9.17, 15) is 13.2 Å². The lowest BCUT2D eigenvalue weighted by Gasteiger charge is -2.25. The van der Waals surface area contributed by atoms with Crippen LogP contribution in [0.5, 0.6) is 0 Å². The van der Waals surface area contributed by atoms with Crippen LogP contribution >= 0.6 is 15.9 Å². The summed E-state index contributed by atoms with van der Waals surface area (Å²) in [5.41, 5.74) is 1.66. The third-order valence-corrected chi connectivity index (χ3v) is 7.64. The van der Waals surface area contributed by atoms with Crippen molar-refractivity contribution in [2.45, 2.75) is 24.2 Å². The number of pyridine rings is 1. The number of halogens is 1. The van der Waals surface area contributed by atoms with Crippen molar-refractivity contribution in [1.82, 2.24) is 9.29 Å². The number of hydrogen-bond acceptors (Lipinski definition) is 4. The standard InChI is InChI=1S/C21H20BrN3O3S/c22-18-10-11-19(20-17(18)5-4-12-23-20)24-21(26)15-6-8-16(9-7-15)29(27,28)25-13-2-1-3-14-25/h4-12H,1-3,13-14H2,(H,24,26). The van der Waals surface area contributed by atoms with Crippen molar-refractivity contribution in [1.29, 1.82) is 0 Å². The fourth-order valence-corrected chi connectivity index (χ4v) is 5.44. The molecule has 0 unspecified atom stereocenters. The van der Waals surface area contributed by atoms with Crippen molar-refractivity contribution in [2.24, 2.45) is 0 Å². The van der Waals surface area contributed by atoms with Crippen molar-refractivity contribution in [3.63, 3.8) is 0 Å². The summed E-state index contributed by atoms with van der Waals surface area (Å²) >= 11 is 3.49. The van der Waals surface area contributed by atoms with E-state index in [0.717, 1.165) is 29.1 Å². The molecule has 0 saturated carbocycles. The zero-order chi connectivity index (χ0) is 20.4. The Balaban J connectivity index is 1.56. The van der Waals surface area contributed by atoms with Gasteiger partial charge in [-0.15, -0.1) is 0 Å². The first kappa shape index (κ1) is 20.0. The molecule has 1 amide bonds. The van der Waals surface area contributed by atoms with Crippen molar-refractivity contribution in [3.05, 3.63) is 64.8 Å². The first-order valence-corrected chi connectivity index (χ1v) is 11.6. The molecule has 2 heterocycles. The fourth-order valence-electron chi connectivity index (χ4n) is 3.47. The Morgan fingerprint density at radius 1 is 1.00 bits per heavy atom. The van der Waals surface area contributed by atoms with E-state index in [1.54, 1.807) is 24.4 Å². The van der Waals surface area contributed by atoms with Crippen LogP contribution in [0.15, 0.2) is 64.1 Å². The van der Waals surface area contributed by atoms with Gasteiger partial charge in [-0.2, -0.15) is 4.31 Å². The number of fused-ring (bicyclic) bond motifs is 1. The second kappa shape index (κ2) is 8.22. The molecule has 0 bridgehead atoms. The van der Waals surface area contributed by atoms with E-state index in [1.165, 1.54) is 16.4 Å². The van der Waals surface area contributed by atoms with Gasteiger partial charge < -0.3 is 5.32 Å². The molecule has 1 aliphatic rings. The molecule has 1 aliphatic heterocycles. The molecule has 0 atom stereocenters. The molecule has 0 radical (unpaired) electrons. The topological polar surface area (TPSA) is 79.4 Å². The highest BCUT2D eigenvalue weighted by Crippen LogP contribution is 2.29. The van der Waals surface area contributed by atoms with E-state index in [4.69, 9.17) is 0 Å². The van der Waals surface area contributed by atoms with Gasteiger partial charge in [-0.05, 0) is 55.3 Å². The molecule has 150 valence electrons. The number of piperidine rings is 1. The van der Waals surface area contributed by atoms with Gasteiger partial charge in [0.2, 0.25) is 10.0 Å². The molecule has 1 aromatic heterocycles. The minimum atomic E-state index is -3.51. The maximum absolute atomic E-state index is 12.8. The number of aromatic nitrogens is 1. The minimum Gasteiger partial charge on any atom is -0.320 e. The van der Waals surface area contributed by atoms with Crippen LogP contribution in [0.2, 0.25) is 0 Å². The van der Waals surface area contributed by atoms with Crippen LogP contribution in [0.4, 0.5) is 5.69 Å². The maximum atomic E-state index is 12.8. The summed E-state index contributed by atoms with van der Waals surface area (Å²) in [6, 6.07) is 13.5. The van der Waals surface area contributed by atoms with Crippen LogP contribution in [0.25, 0.3) is 10.9 Å². The smallest absolute Gasteiger partial charge is 0.255 e. The number of carbonyl (C=O) groups excluding carboxylic acids is 1. The largest absolute Gasteiger partial charge is 0.320 e. The number of carbonyl (C=O) groups is 1. The monoisotopic (exact) mass is 473 g/mol. The van der Waals surface area contributed by atoms with Crippen molar-refractivity contribution >= 4 is 48.5 Å². The van der Waals surface area contributed by atoms with Gasteiger partial charge in [0.05, 0.1) is 16.1 Å². The van der Waals surface area contributed by atoms with Gasteiger partial charge in [0.1, 0.15) is 0 Å². The molecular weight excluding hydrogens is 454 g/mol. The molecule has 0 aliphatic carbocycles. The summed E-state index contributed by atoms with van der Waals surface area (Å²) in [6.07, 6.45) is 4.50. The van der Waals surface area contributed by atoms with Crippen molar-refractivity contribution in [3.8, 4) is 0 Å². The Labute approximate surface area is 178 Å². The van der Waals surface area contributed by atoms with E-state index in [-0.39, 0.29) is 10.8 Å². The molecule has 6 nitrogen and oxygen atoms in total. The molecule has 4 rings (SSSR count). The highest BCUT2D eigenvalue weighted by molar-refractivity contribution is 9.10. The SMILES string of the molecule is O=C(Nc1ccc(Br)c2cccnc12)c1ccc(S(=O)(=O)N2CCCCC2)cc1. The molecule has 1 saturated heterocycles. The van der Waals surface area contributed by atoms with Gasteiger partial charge in [0.25, 0.3) is 5.91 Å². The van der Waals surface area contributed by atoms with Gasteiger partial charge in [0.15, 0.2) is 0 Å². The third kappa shape index (κ3) is 4.05. The fraction of sp³-hybridized carbons (Fsp3) is 0.238. The van der Waals surface area contributed by atoms with E-state index >= 15 is 0 Å². The number of benzene rings is 2. The van der Waals surface area contributed by atoms with E-state index in [1.807, 2.05) is 18.2 Å². The van der Waals surface area contributed by atoms with Crippen LogP contribution in [-0.2, 0) is 10.0 Å². The van der Waals surface area contributed by atoms with Crippen molar-refractivity contribution in [2.75, 3.05) is 18.4 Å². The summed E-state index contributed by atoms with van der Waals surface area (Å²) in [6.45, 7) is 1.10. The van der Waals surface area contributed by atoms with Crippen molar-refractivity contribution < 1.29 is 13.2 Å². The average molecular weight is 474 g/mol. The van der Waals surface area contributed by atoms with Gasteiger partial charge in [0, 0.05) is 34.7 Å². The molecule has 8 heteroatoms. The molecule has 1 fully saturated rings. The van der Waals surface area contributed by atoms with E-state index < -0.39 is 10.0 Å². The number of anilines is 1. The molecule has 2 aromatic carbocycles. The normalized spacial score (nSPS) is 15.3. The predicted molar refractivity (Wildman–Crippen MR) is 116 cm³/mol. The summed E-state index contributed by atoms with van der Waals surface area (Å²) < 4.78 is 27.9. The summed E-state index contributed by atoms with van der Waals surface area (Å²) in [5.74, 6) is -0.318. The Morgan fingerprint density at radius 3 is 2.45 bits per heavy atom. The quantitative estimate of drug-likeness (QED) is 0.607. The Kier molecular flexibility index (Phi) is 5.67. The molecule has 29 heavy (non-hydrogen) atoms. The van der Waals surface area contributed by atoms with Crippen LogP contribution < -0.4 is 5.32 Å². The summed E-state index contributed by atoms with van der Waals surface area (Å²) in [4.78, 5) is 17.3. The van der Waals surface area contributed by atoms with Gasteiger partial charge in [-0.3, -0.25) is 9.78 Å². The highest BCUT2D eigenvalue weighted by Gasteiger charge is 2.26. The number of hydrogen-bond donors (Lipinski definition) is 1. The number of nitrogens with zero attached hydrogens (tertiary/aromatic N) is 2. The van der Waals surface area contributed by atoms with E-state index in [2.05, 4.69) is 26.2 Å². The molecule has 1 N–H and O–H groups in total. The van der Waals surface area contributed by atoms with Crippen LogP contribution in [0.3, 0.4) is 0 Å². The Hall–Kier alpha value is -2.29. The van der Waals surface area contributed by atoms with Gasteiger partial charge in [-0.1, -0.05) is 28.4 Å². The number of nitrogens with one attached hydrogen (secondary N) is 1. The number of sulfonamides is 1. The van der Waals surface area contributed by atoms with Crippen LogP contribution in [0, 0.1) is 0 Å². The van der Waals surface area contributed by atoms with E-state index in [0.29, 0.717) is 29.9 Å². The second-order valence-electron chi connectivity index (χ2n) is 6.94. The lowest BCUT2D eigenvalue weighted by molar-refractivity contribution is 0.102. The first-order chi connectivity index (χ1) is 14.0. The summed E-state index contributed by atoms with van der Waals surface area (Å²) in [7, 11) is -3.51. The zero-order valence-corrected chi connectivity index (χ0v) is 18.0.